The van der Waals surface area contributed by atoms with Crippen LogP contribution in [0.2, 0.25) is 5.02 Å². The molecule has 0 atom stereocenters. The standard InChI is InChI=1S/C29H25ClFN5O3/c1-34-27(36-11-10-26(37)33-29(36)38)14-32-28(34)19-4-5-20-16-35(17-21(20)12-19)15-18-2-7-23(8-3-18)39-25-9-6-22(31)13-24(25)30/h2-9,12-14H,10-11,15-17H2,1H3,(H,33,37,38). The van der Waals surface area contributed by atoms with Gasteiger partial charge in [0.05, 0.1) is 11.2 Å². The van der Waals surface area contributed by atoms with Gasteiger partial charge in [0.25, 0.3) is 0 Å². The molecule has 1 N–H and O–H groups in total. The minimum atomic E-state index is -0.427. The first kappa shape index (κ1) is 25.1. The van der Waals surface area contributed by atoms with Crippen LogP contribution >= 0.6 is 11.6 Å². The third-order valence-corrected chi connectivity index (χ3v) is 7.29. The summed E-state index contributed by atoms with van der Waals surface area (Å²) in [5.74, 6) is 1.77. The van der Waals surface area contributed by atoms with Crippen LogP contribution in [-0.2, 0) is 31.5 Å². The zero-order chi connectivity index (χ0) is 27.1. The Kier molecular flexibility index (Phi) is 6.54. The number of imidazole rings is 1. The molecule has 3 amide bonds. The summed E-state index contributed by atoms with van der Waals surface area (Å²) in [5.41, 5.74) is 4.63. The molecule has 2 aliphatic rings. The number of nitrogens with one attached hydrogen (secondary N) is 1. The Morgan fingerprint density at radius 1 is 1.03 bits per heavy atom. The molecule has 0 saturated carbocycles. The molecule has 0 bridgehead atoms. The van der Waals surface area contributed by atoms with Crippen LogP contribution in [0.25, 0.3) is 11.4 Å². The fraction of sp³-hybridized carbons (Fsp3) is 0.207. The van der Waals surface area contributed by atoms with E-state index >= 15 is 0 Å². The van der Waals surface area contributed by atoms with Gasteiger partial charge >= 0.3 is 6.03 Å². The van der Waals surface area contributed by atoms with Gasteiger partial charge in [0.1, 0.15) is 29.0 Å². The summed E-state index contributed by atoms with van der Waals surface area (Å²) in [6.45, 7) is 2.75. The van der Waals surface area contributed by atoms with Crippen molar-refractivity contribution in [1.29, 1.82) is 0 Å². The molecule has 3 heterocycles. The van der Waals surface area contributed by atoms with Crippen molar-refractivity contribution in [3.05, 3.63) is 94.4 Å². The molecule has 4 aromatic rings. The summed E-state index contributed by atoms with van der Waals surface area (Å²) in [4.78, 5) is 32.3. The zero-order valence-electron chi connectivity index (χ0n) is 21.2. The number of carbonyl (C=O) groups excluding carboxylic acids is 2. The van der Waals surface area contributed by atoms with E-state index in [4.69, 9.17) is 16.3 Å². The monoisotopic (exact) mass is 545 g/mol. The van der Waals surface area contributed by atoms with Crippen molar-refractivity contribution in [2.75, 3.05) is 11.4 Å². The molecule has 1 aromatic heterocycles. The number of halogens is 2. The molecule has 0 aliphatic carbocycles. The summed E-state index contributed by atoms with van der Waals surface area (Å²) >= 11 is 6.07. The lowest BCUT2D eigenvalue weighted by atomic mass is 10.1. The van der Waals surface area contributed by atoms with Crippen LogP contribution in [0.15, 0.2) is 66.9 Å². The highest BCUT2D eigenvalue weighted by Gasteiger charge is 2.27. The summed E-state index contributed by atoms with van der Waals surface area (Å²) in [5, 5.41) is 2.58. The van der Waals surface area contributed by atoms with Crippen LogP contribution in [-0.4, -0.2) is 32.9 Å². The summed E-state index contributed by atoms with van der Waals surface area (Å²) in [7, 11) is 1.87. The lowest BCUT2D eigenvalue weighted by Crippen LogP contribution is -2.50. The highest BCUT2D eigenvalue weighted by atomic mass is 35.5. The normalized spacial score (nSPS) is 15.4. The van der Waals surface area contributed by atoms with E-state index in [9.17, 15) is 14.0 Å². The van der Waals surface area contributed by atoms with E-state index in [1.54, 1.807) is 6.20 Å². The van der Waals surface area contributed by atoms with Crippen LogP contribution in [0.3, 0.4) is 0 Å². The van der Waals surface area contributed by atoms with Crippen molar-refractivity contribution in [2.24, 2.45) is 7.05 Å². The first-order valence-electron chi connectivity index (χ1n) is 12.5. The van der Waals surface area contributed by atoms with E-state index in [2.05, 4.69) is 33.4 Å². The molecule has 1 fully saturated rings. The molecule has 3 aromatic carbocycles. The van der Waals surface area contributed by atoms with Gasteiger partial charge in [0.2, 0.25) is 5.91 Å². The van der Waals surface area contributed by atoms with Gasteiger partial charge in [-0.25, -0.2) is 14.2 Å². The van der Waals surface area contributed by atoms with Crippen LogP contribution < -0.4 is 15.0 Å². The van der Waals surface area contributed by atoms with Gasteiger partial charge in [-0.05, 0) is 53.1 Å². The second kappa shape index (κ2) is 10.2. The van der Waals surface area contributed by atoms with Gasteiger partial charge in [0, 0.05) is 45.2 Å². The number of rotatable bonds is 6. The molecule has 0 radical (unpaired) electrons. The molecule has 6 rings (SSSR count). The van der Waals surface area contributed by atoms with E-state index in [1.807, 2.05) is 35.9 Å². The van der Waals surface area contributed by atoms with Crippen molar-refractivity contribution in [1.82, 2.24) is 19.8 Å². The third-order valence-electron chi connectivity index (χ3n) is 7.00. The van der Waals surface area contributed by atoms with Crippen molar-refractivity contribution in [3.8, 4) is 22.9 Å². The minimum Gasteiger partial charge on any atom is -0.456 e. The van der Waals surface area contributed by atoms with E-state index < -0.39 is 11.8 Å². The summed E-state index contributed by atoms with van der Waals surface area (Å²) in [6, 6.07) is 17.8. The number of hydrogen-bond donors (Lipinski definition) is 1. The number of urea groups is 1. The summed E-state index contributed by atoms with van der Waals surface area (Å²) in [6.07, 6.45) is 1.93. The fourth-order valence-electron chi connectivity index (χ4n) is 5.02. The smallest absolute Gasteiger partial charge is 0.329 e. The summed E-state index contributed by atoms with van der Waals surface area (Å²) < 4.78 is 21.0. The SMILES string of the molecule is Cn1c(N2CCC(=O)NC2=O)cnc1-c1ccc2c(c1)CN(Cc1ccc(Oc3ccc(F)cc3Cl)cc1)C2. The minimum absolute atomic E-state index is 0.225. The quantitative estimate of drug-likeness (QED) is 0.339. The van der Waals surface area contributed by atoms with E-state index in [0.29, 0.717) is 23.9 Å². The number of imide groups is 1. The second-order valence-electron chi connectivity index (χ2n) is 9.70. The molecule has 198 valence electrons. The third kappa shape index (κ3) is 5.10. The number of benzene rings is 3. The molecule has 0 spiro atoms. The molecule has 2 aliphatic heterocycles. The topological polar surface area (TPSA) is 79.7 Å². The number of ether oxygens (including phenoxy) is 1. The van der Waals surface area contributed by atoms with Gasteiger partial charge in [0.15, 0.2) is 0 Å². The Bertz CT molecular complexity index is 1590. The fourth-order valence-corrected chi connectivity index (χ4v) is 5.23. The maximum atomic E-state index is 13.3. The van der Waals surface area contributed by atoms with Crippen molar-refractivity contribution < 1.29 is 18.7 Å². The Labute approximate surface area is 229 Å². The van der Waals surface area contributed by atoms with Gasteiger partial charge in [-0.3, -0.25) is 19.9 Å². The molecule has 10 heteroatoms. The first-order valence-corrected chi connectivity index (χ1v) is 12.9. The van der Waals surface area contributed by atoms with E-state index in [1.165, 1.54) is 34.2 Å². The number of carbonyl (C=O) groups is 2. The Hall–Kier alpha value is -4.21. The van der Waals surface area contributed by atoms with Gasteiger partial charge in [-0.15, -0.1) is 0 Å². The van der Waals surface area contributed by atoms with Gasteiger partial charge in [-0.1, -0.05) is 35.9 Å². The van der Waals surface area contributed by atoms with Crippen molar-refractivity contribution in [3.63, 3.8) is 0 Å². The Morgan fingerprint density at radius 3 is 2.59 bits per heavy atom. The van der Waals surface area contributed by atoms with Crippen molar-refractivity contribution in [2.45, 2.75) is 26.1 Å². The van der Waals surface area contributed by atoms with E-state index in [-0.39, 0.29) is 17.4 Å². The highest BCUT2D eigenvalue weighted by molar-refractivity contribution is 6.32. The number of anilines is 1. The molecule has 1 saturated heterocycles. The number of amides is 3. The van der Waals surface area contributed by atoms with Crippen LogP contribution in [0, 0.1) is 5.82 Å². The number of fused-ring (bicyclic) bond motifs is 1. The zero-order valence-corrected chi connectivity index (χ0v) is 21.9. The second-order valence-corrected chi connectivity index (χ2v) is 10.1. The predicted molar refractivity (Wildman–Crippen MR) is 145 cm³/mol. The number of nitrogens with zero attached hydrogens (tertiary/aromatic N) is 4. The average Bonchev–Trinajstić information content (AvgIpc) is 3.49. The van der Waals surface area contributed by atoms with Gasteiger partial charge < -0.3 is 9.30 Å². The Morgan fingerprint density at radius 2 is 1.82 bits per heavy atom. The lowest BCUT2D eigenvalue weighted by Gasteiger charge is -2.26. The maximum Gasteiger partial charge on any atom is 0.329 e. The molecular formula is C29H25ClFN5O3. The molecule has 39 heavy (non-hydrogen) atoms. The number of aromatic nitrogens is 2. The van der Waals surface area contributed by atoms with Gasteiger partial charge in [-0.2, -0.15) is 0 Å². The van der Waals surface area contributed by atoms with Crippen LogP contribution in [0.5, 0.6) is 11.5 Å². The average molecular weight is 546 g/mol. The van der Waals surface area contributed by atoms with Crippen LogP contribution in [0.1, 0.15) is 23.1 Å². The van der Waals surface area contributed by atoms with Crippen LogP contribution in [0.4, 0.5) is 15.0 Å². The van der Waals surface area contributed by atoms with Crippen molar-refractivity contribution >= 4 is 29.4 Å². The first-order chi connectivity index (χ1) is 18.8. The van der Waals surface area contributed by atoms with E-state index in [0.717, 1.165) is 36.6 Å². The molecular weight excluding hydrogens is 521 g/mol. The highest BCUT2D eigenvalue weighted by Crippen LogP contribution is 2.32. The molecule has 0 unspecified atom stereocenters. The maximum absolute atomic E-state index is 13.3. The Balaban J connectivity index is 1.12. The number of hydrogen-bond acceptors (Lipinski definition) is 5. The lowest BCUT2D eigenvalue weighted by molar-refractivity contribution is -0.120. The molecule has 8 nitrogen and oxygen atoms in total. The predicted octanol–water partition coefficient (Wildman–Crippen LogP) is 5.63. The largest absolute Gasteiger partial charge is 0.456 e.